The first kappa shape index (κ1) is 23.6. The molecule has 0 bridgehead atoms. The molecule has 0 saturated carbocycles. The molecule has 32 heavy (non-hydrogen) atoms. The number of carbonyl (C=O) groups is 1. The third-order valence-corrected chi connectivity index (χ3v) is 5.74. The second-order valence-electron chi connectivity index (χ2n) is 6.97. The molecule has 11 heteroatoms. The average Bonchev–Trinajstić information content (AvgIpc) is 3.45. The monoisotopic (exact) mass is 460 g/mol. The zero-order chi connectivity index (χ0) is 22.9. The van der Waals surface area contributed by atoms with E-state index < -0.39 is 12.2 Å². The predicted molar refractivity (Wildman–Crippen MR) is 119 cm³/mol. The van der Waals surface area contributed by atoms with Crippen molar-refractivity contribution in [2.75, 3.05) is 11.5 Å². The van der Waals surface area contributed by atoms with Gasteiger partial charge in [-0.3, -0.25) is 4.79 Å². The molecule has 1 fully saturated rings. The summed E-state index contributed by atoms with van der Waals surface area (Å²) in [6, 6.07) is 10.6. The van der Waals surface area contributed by atoms with Crippen molar-refractivity contribution in [1.82, 2.24) is 25.1 Å². The summed E-state index contributed by atoms with van der Waals surface area (Å²) in [5.74, 6) is 1.19. The van der Waals surface area contributed by atoms with Gasteiger partial charge in [0.2, 0.25) is 12.3 Å². The van der Waals surface area contributed by atoms with Crippen molar-refractivity contribution < 1.29 is 19.0 Å². The van der Waals surface area contributed by atoms with Gasteiger partial charge in [0.15, 0.2) is 17.5 Å². The Labute approximate surface area is 189 Å². The minimum absolute atomic E-state index is 0.131. The molecule has 2 atom stereocenters. The molecule has 9 nitrogen and oxygen atoms in total. The van der Waals surface area contributed by atoms with E-state index in [4.69, 9.17) is 15.6 Å². The Bertz CT molecular complexity index is 1010. The van der Waals surface area contributed by atoms with Crippen molar-refractivity contribution in [3.05, 3.63) is 66.1 Å². The van der Waals surface area contributed by atoms with Crippen molar-refractivity contribution in [1.29, 1.82) is 0 Å². The molecule has 1 aliphatic heterocycles. The zero-order valence-corrected chi connectivity index (χ0v) is 18.3. The second kappa shape index (κ2) is 11.6. The van der Waals surface area contributed by atoms with Crippen molar-refractivity contribution in [2.24, 2.45) is 0 Å². The van der Waals surface area contributed by atoms with E-state index in [1.807, 2.05) is 42.1 Å². The van der Waals surface area contributed by atoms with Crippen LogP contribution in [0.1, 0.15) is 36.4 Å². The molecule has 3 heterocycles. The van der Waals surface area contributed by atoms with Crippen LogP contribution in [-0.4, -0.2) is 42.9 Å². The van der Waals surface area contributed by atoms with Gasteiger partial charge in [-0.1, -0.05) is 30.3 Å². The maximum atomic E-state index is 13.7. The van der Waals surface area contributed by atoms with E-state index >= 15 is 0 Å². The van der Waals surface area contributed by atoms with E-state index in [0.29, 0.717) is 10.9 Å². The molecule has 0 radical (unpaired) electrons. The van der Waals surface area contributed by atoms with Crippen LogP contribution in [0.5, 0.6) is 0 Å². The Balaban J connectivity index is 0.000000188. The van der Waals surface area contributed by atoms with Gasteiger partial charge in [0, 0.05) is 13.0 Å². The molecular formula is C21H25FN6O3S. The third kappa shape index (κ3) is 7.01. The maximum Gasteiger partial charge on any atom is 0.237 e. The number of benzene rings is 1. The summed E-state index contributed by atoms with van der Waals surface area (Å²) in [5.41, 5.74) is 6.70. The van der Waals surface area contributed by atoms with Crippen molar-refractivity contribution in [3.8, 4) is 5.82 Å². The smallest absolute Gasteiger partial charge is 0.237 e. The SMILES string of the molecule is CC(=O)NC(O)OCc1ccccc1.Nc1cnc(-n2cnc(C3CCCS3)n2)c(F)c1. The fraction of sp³-hybridized carbons (Fsp3) is 0.333. The number of hydrogen-bond donors (Lipinski definition) is 3. The van der Waals surface area contributed by atoms with E-state index in [9.17, 15) is 9.18 Å². The largest absolute Gasteiger partial charge is 0.397 e. The van der Waals surface area contributed by atoms with Gasteiger partial charge in [0.25, 0.3) is 0 Å². The van der Waals surface area contributed by atoms with Crippen LogP contribution in [0.15, 0.2) is 48.9 Å². The molecule has 170 valence electrons. The number of thioether (sulfide) groups is 1. The van der Waals surface area contributed by atoms with Crippen LogP contribution in [0.3, 0.4) is 0 Å². The lowest BCUT2D eigenvalue weighted by atomic mass is 10.2. The molecule has 1 amide bonds. The first-order valence-electron chi connectivity index (χ1n) is 9.97. The van der Waals surface area contributed by atoms with Crippen LogP contribution in [-0.2, 0) is 16.1 Å². The number of amides is 1. The maximum absolute atomic E-state index is 13.7. The molecule has 1 aliphatic rings. The Kier molecular flexibility index (Phi) is 8.54. The van der Waals surface area contributed by atoms with Gasteiger partial charge >= 0.3 is 0 Å². The van der Waals surface area contributed by atoms with Gasteiger partial charge in [-0.2, -0.15) is 16.4 Å². The molecule has 1 saturated heterocycles. The summed E-state index contributed by atoms with van der Waals surface area (Å²) in [4.78, 5) is 18.7. The van der Waals surface area contributed by atoms with Crippen LogP contribution >= 0.6 is 11.8 Å². The molecular weight excluding hydrogens is 435 g/mol. The molecule has 0 spiro atoms. The average molecular weight is 461 g/mol. The van der Waals surface area contributed by atoms with Crippen molar-refractivity contribution >= 4 is 23.4 Å². The second-order valence-corrected chi connectivity index (χ2v) is 8.28. The van der Waals surface area contributed by atoms with Gasteiger partial charge in [-0.05, 0) is 24.2 Å². The van der Waals surface area contributed by atoms with Crippen molar-refractivity contribution in [2.45, 2.75) is 38.0 Å². The molecule has 2 aromatic heterocycles. The van der Waals surface area contributed by atoms with Crippen LogP contribution in [0.2, 0.25) is 0 Å². The number of nitrogens with one attached hydrogen (secondary N) is 1. The minimum Gasteiger partial charge on any atom is -0.397 e. The van der Waals surface area contributed by atoms with Crippen molar-refractivity contribution in [3.63, 3.8) is 0 Å². The fourth-order valence-corrected chi connectivity index (χ4v) is 4.09. The number of aromatic nitrogens is 4. The third-order valence-electron chi connectivity index (χ3n) is 4.36. The van der Waals surface area contributed by atoms with E-state index in [0.717, 1.165) is 23.6 Å². The highest BCUT2D eigenvalue weighted by Crippen LogP contribution is 2.38. The van der Waals surface area contributed by atoms with Gasteiger partial charge in [0.05, 0.1) is 23.7 Å². The number of ether oxygens (including phenoxy) is 1. The Morgan fingerprint density at radius 3 is 2.84 bits per heavy atom. The molecule has 3 aromatic rings. The number of nitrogens with zero attached hydrogens (tertiary/aromatic N) is 4. The Hall–Kier alpha value is -3.02. The number of halogens is 1. The molecule has 2 unspecified atom stereocenters. The first-order chi connectivity index (χ1) is 15.4. The summed E-state index contributed by atoms with van der Waals surface area (Å²) >= 11 is 1.84. The van der Waals surface area contributed by atoms with Crippen LogP contribution < -0.4 is 11.1 Å². The lowest BCUT2D eigenvalue weighted by molar-refractivity contribution is -0.149. The van der Waals surface area contributed by atoms with Gasteiger partial charge in [0.1, 0.15) is 6.33 Å². The summed E-state index contributed by atoms with van der Waals surface area (Å²) in [5, 5.41) is 16.0. The first-order valence-corrected chi connectivity index (χ1v) is 11.0. The minimum atomic E-state index is -1.24. The van der Waals surface area contributed by atoms with E-state index in [2.05, 4.69) is 20.4 Å². The van der Waals surface area contributed by atoms with Gasteiger partial charge < -0.3 is 20.9 Å². The summed E-state index contributed by atoms with van der Waals surface area (Å²) in [6.07, 6.45) is 3.91. The number of aliphatic hydroxyl groups is 1. The number of rotatable bonds is 6. The van der Waals surface area contributed by atoms with Gasteiger partial charge in [-0.25, -0.2) is 14.4 Å². The Morgan fingerprint density at radius 2 is 2.19 bits per heavy atom. The summed E-state index contributed by atoms with van der Waals surface area (Å²) < 4.78 is 20.0. The highest BCUT2D eigenvalue weighted by Gasteiger charge is 2.22. The summed E-state index contributed by atoms with van der Waals surface area (Å²) in [7, 11) is 0. The zero-order valence-electron chi connectivity index (χ0n) is 17.5. The van der Waals surface area contributed by atoms with E-state index in [-0.39, 0.29) is 18.3 Å². The normalized spacial score (nSPS) is 16.2. The standard InChI is InChI=1S/C11H12FN5S.C10H13NO3/c12-8-4-7(13)5-14-11(8)17-6-15-10(16-17)9-2-1-3-18-9;1-8(12)11-10(13)14-7-9-5-3-2-4-6-9/h4-6,9H,1-3,13H2;2-6,10,13H,7H2,1H3,(H,11,12). The number of hydrogen-bond acceptors (Lipinski definition) is 8. The lowest BCUT2D eigenvalue weighted by Crippen LogP contribution is -2.34. The number of anilines is 1. The number of nitrogen functional groups attached to an aromatic ring is 1. The number of carbonyl (C=O) groups excluding carboxylic acids is 1. The van der Waals surface area contributed by atoms with Crippen LogP contribution in [0, 0.1) is 5.82 Å². The fourth-order valence-electron chi connectivity index (χ4n) is 2.89. The highest BCUT2D eigenvalue weighted by molar-refractivity contribution is 7.99. The summed E-state index contributed by atoms with van der Waals surface area (Å²) in [6.45, 7) is 1.58. The topological polar surface area (TPSA) is 128 Å². The molecule has 1 aromatic carbocycles. The lowest BCUT2D eigenvalue weighted by Gasteiger charge is -2.11. The number of nitrogens with two attached hydrogens (primary N) is 1. The van der Waals surface area contributed by atoms with Crippen LogP contribution in [0.4, 0.5) is 10.1 Å². The Morgan fingerprint density at radius 1 is 1.41 bits per heavy atom. The van der Waals surface area contributed by atoms with Gasteiger partial charge in [-0.15, -0.1) is 5.10 Å². The van der Waals surface area contributed by atoms with Crippen LogP contribution in [0.25, 0.3) is 5.82 Å². The number of pyridine rings is 1. The number of aliphatic hydroxyl groups excluding tert-OH is 1. The highest BCUT2D eigenvalue weighted by atomic mass is 32.2. The van der Waals surface area contributed by atoms with E-state index in [1.165, 1.54) is 36.6 Å². The molecule has 4 N–H and O–H groups in total. The quantitative estimate of drug-likeness (QED) is 0.479. The predicted octanol–water partition coefficient (Wildman–Crippen LogP) is 2.57. The molecule has 0 aliphatic carbocycles. The van der Waals surface area contributed by atoms with E-state index in [1.54, 1.807) is 0 Å². The molecule has 4 rings (SSSR count).